The third-order valence-corrected chi connectivity index (χ3v) is 7.30. The molecule has 0 radical (unpaired) electrons. The maximum absolute atomic E-state index is 13.1. The minimum atomic E-state index is -0.778. The summed E-state index contributed by atoms with van der Waals surface area (Å²) in [5.41, 5.74) is 2.65. The largest absolute Gasteiger partial charge is 0.452 e. The molecule has 0 aromatic heterocycles. The van der Waals surface area contributed by atoms with Gasteiger partial charge in [0.05, 0.1) is 5.41 Å². The minimum absolute atomic E-state index is 0.136. The molecular formula is C24H33NO3. The summed E-state index contributed by atoms with van der Waals surface area (Å²) in [6.45, 7) is 7.91. The standard InChI is InChI=1S/C24H33NO3/c1-14(2)20-7-5-6-15(3)21(20)25-22(26)16(4)28-23(27)24-11-17-8-18(12-24)10-19(9-17)13-24/h5-7,14,16-19H,8-13H2,1-4H3,(H,25,26)/t16-,17?,18?,19?,24?/m0/s1. The monoisotopic (exact) mass is 383 g/mol. The van der Waals surface area contributed by atoms with Gasteiger partial charge in [0.2, 0.25) is 0 Å². The van der Waals surface area contributed by atoms with Crippen molar-refractivity contribution >= 4 is 17.6 Å². The second-order valence-electron chi connectivity index (χ2n) is 9.93. The van der Waals surface area contributed by atoms with Gasteiger partial charge < -0.3 is 10.1 Å². The van der Waals surface area contributed by atoms with E-state index in [4.69, 9.17) is 4.74 Å². The van der Waals surface area contributed by atoms with Gasteiger partial charge in [0, 0.05) is 5.69 Å². The number of aryl methyl sites for hydroxylation is 1. The molecule has 4 nitrogen and oxygen atoms in total. The van der Waals surface area contributed by atoms with Crippen molar-refractivity contribution in [1.29, 1.82) is 0 Å². The third-order valence-electron chi connectivity index (χ3n) is 7.30. The molecule has 4 aliphatic carbocycles. The van der Waals surface area contributed by atoms with Gasteiger partial charge in [-0.15, -0.1) is 0 Å². The average Bonchev–Trinajstić information content (AvgIpc) is 2.61. The number of amides is 1. The molecule has 4 aliphatic rings. The van der Waals surface area contributed by atoms with Crippen LogP contribution in [0.25, 0.3) is 0 Å². The number of carbonyl (C=O) groups excluding carboxylic acids is 2. The van der Waals surface area contributed by atoms with Crippen LogP contribution in [0.5, 0.6) is 0 Å². The van der Waals surface area contributed by atoms with Gasteiger partial charge in [-0.3, -0.25) is 9.59 Å². The zero-order chi connectivity index (χ0) is 20.1. The van der Waals surface area contributed by atoms with E-state index in [0.717, 1.165) is 36.1 Å². The van der Waals surface area contributed by atoms with Gasteiger partial charge in [0.15, 0.2) is 6.10 Å². The summed E-state index contributed by atoms with van der Waals surface area (Å²) in [5, 5.41) is 3.02. The Morgan fingerprint density at radius 1 is 1.04 bits per heavy atom. The smallest absolute Gasteiger partial charge is 0.312 e. The predicted octanol–water partition coefficient (Wildman–Crippen LogP) is 5.21. The highest BCUT2D eigenvalue weighted by atomic mass is 16.5. The summed E-state index contributed by atoms with van der Waals surface area (Å²) < 4.78 is 5.76. The fraction of sp³-hybridized carbons (Fsp3) is 0.667. The number of carbonyl (C=O) groups is 2. The van der Waals surface area contributed by atoms with Crippen molar-refractivity contribution in [2.45, 2.75) is 78.2 Å². The van der Waals surface area contributed by atoms with Gasteiger partial charge in [-0.1, -0.05) is 32.0 Å². The Kier molecular flexibility index (Phi) is 5.01. The molecule has 1 aromatic carbocycles. The molecule has 0 unspecified atom stereocenters. The van der Waals surface area contributed by atoms with E-state index in [2.05, 4.69) is 19.2 Å². The number of anilines is 1. The van der Waals surface area contributed by atoms with E-state index in [1.807, 2.05) is 25.1 Å². The summed E-state index contributed by atoms with van der Waals surface area (Å²) in [7, 11) is 0. The molecule has 0 spiro atoms. The molecule has 0 heterocycles. The van der Waals surface area contributed by atoms with Crippen LogP contribution in [0.1, 0.15) is 76.3 Å². The number of hydrogen-bond donors (Lipinski definition) is 1. The number of esters is 1. The maximum Gasteiger partial charge on any atom is 0.312 e. The van der Waals surface area contributed by atoms with E-state index in [9.17, 15) is 9.59 Å². The van der Waals surface area contributed by atoms with Crippen LogP contribution >= 0.6 is 0 Å². The first-order valence-corrected chi connectivity index (χ1v) is 10.9. The van der Waals surface area contributed by atoms with E-state index < -0.39 is 6.10 Å². The van der Waals surface area contributed by atoms with E-state index in [1.54, 1.807) is 6.92 Å². The van der Waals surface area contributed by atoms with Crippen molar-refractivity contribution < 1.29 is 14.3 Å². The highest BCUT2D eigenvalue weighted by Crippen LogP contribution is 2.60. The second kappa shape index (κ2) is 7.20. The number of para-hydroxylation sites is 1. The number of ether oxygens (including phenoxy) is 1. The Morgan fingerprint density at radius 3 is 2.14 bits per heavy atom. The Bertz CT molecular complexity index is 747. The van der Waals surface area contributed by atoms with E-state index in [1.165, 1.54) is 19.3 Å². The molecule has 28 heavy (non-hydrogen) atoms. The molecule has 4 fully saturated rings. The van der Waals surface area contributed by atoms with Crippen molar-refractivity contribution in [3.8, 4) is 0 Å². The van der Waals surface area contributed by atoms with Crippen molar-refractivity contribution in [1.82, 2.24) is 0 Å². The first kappa shape index (κ1) is 19.5. The summed E-state index contributed by atoms with van der Waals surface area (Å²) in [4.78, 5) is 25.9. The normalized spacial score (nSPS) is 31.7. The predicted molar refractivity (Wildman–Crippen MR) is 110 cm³/mol. The molecule has 1 atom stereocenters. The molecule has 4 heteroatoms. The highest BCUT2D eigenvalue weighted by molar-refractivity contribution is 5.96. The van der Waals surface area contributed by atoms with Crippen LogP contribution in [-0.2, 0) is 14.3 Å². The van der Waals surface area contributed by atoms with Crippen molar-refractivity contribution in [2.75, 3.05) is 5.32 Å². The lowest BCUT2D eigenvalue weighted by Crippen LogP contribution is -2.51. The average molecular weight is 384 g/mol. The molecule has 1 N–H and O–H groups in total. The summed E-state index contributed by atoms with van der Waals surface area (Å²) in [6.07, 6.45) is 5.96. The molecular weight excluding hydrogens is 350 g/mol. The third kappa shape index (κ3) is 3.46. The van der Waals surface area contributed by atoms with Crippen LogP contribution in [0.3, 0.4) is 0 Å². The minimum Gasteiger partial charge on any atom is -0.452 e. The van der Waals surface area contributed by atoms with Crippen LogP contribution in [0.4, 0.5) is 5.69 Å². The molecule has 1 aromatic rings. The SMILES string of the molecule is Cc1cccc(C(C)C)c1NC(=O)[C@H](C)OC(=O)C12CC3CC(CC(C3)C1)C2. The summed E-state index contributed by atoms with van der Waals surface area (Å²) >= 11 is 0. The van der Waals surface area contributed by atoms with Gasteiger partial charge in [0.25, 0.3) is 5.91 Å². The van der Waals surface area contributed by atoms with Gasteiger partial charge in [0.1, 0.15) is 0 Å². The molecule has 152 valence electrons. The van der Waals surface area contributed by atoms with E-state index in [-0.39, 0.29) is 17.3 Å². The highest BCUT2D eigenvalue weighted by Gasteiger charge is 2.55. The summed E-state index contributed by atoms with van der Waals surface area (Å²) in [5.74, 6) is 1.98. The van der Waals surface area contributed by atoms with Gasteiger partial charge in [-0.2, -0.15) is 0 Å². The molecule has 1 amide bonds. The molecule has 4 bridgehead atoms. The van der Waals surface area contributed by atoms with E-state index >= 15 is 0 Å². The first-order chi connectivity index (χ1) is 13.3. The van der Waals surface area contributed by atoms with Crippen LogP contribution in [0.2, 0.25) is 0 Å². The van der Waals surface area contributed by atoms with Crippen molar-refractivity contribution in [2.24, 2.45) is 23.2 Å². The lowest BCUT2D eigenvalue weighted by molar-refractivity contribution is -0.177. The Balaban J connectivity index is 1.44. The number of benzene rings is 1. The van der Waals surface area contributed by atoms with Crippen molar-refractivity contribution in [3.63, 3.8) is 0 Å². The van der Waals surface area contributed by atoms with Crippen LogP contribution in [0.15, 0.2) is 18.2 Å². The maximum atomic E-state index is 13.1. The van der Waals surface area contributed by atoms with Crippen LogP contribution in [-0.4, -0.2) is 18.0 Å². The summed E-state index contributed by atoms with van der Waals surface area (Å²) in [6, 6.07) is 6.05. The molecule has 5 rings (SSSR count). The Labute approximate surface area is 168 Å². The zero-order valence-corrected chi connectivity index (χ0v) is 17.6. The quantitative estimate of drug-likeness (QED) is 0.711. The number of nitrogens with one attached hydrogen (secondary N) is 1. The van der Waals surface area contributed by atoms with E-state index in [0.29, 0.717) is 23.7 Å². The fourth-order valence-electron chi connectivity index (χ4n) is 6.27. The lowest BCUT2D eigenvalue weighted by Gasteiger charge is -2.55. The van der Waals surface area contributed by atoms with Crippen LogP contribution in [0, 0.1) is 30.1 Å². The Morgan fingerprint density at radius 2 is 1.61 bits per heavy atom. The van der Waals surface area contributed by atoms with Gasteiger partial charge in [-0.25, -0.2) is 0 Å². The van der Waals surface area contributed by atoms with Gasteiger partial charge in [-0.05, 0) is 87.2 Å². The zero-order valence-electron chi connectivity index (χ0n) is 17.6. The number of rotatable bonds is 5. The van der Waals surface area contributed by atoms with Crippen molar-refractivity contribution in [3.05, 3.63) is 29.3 Å². The first-order valence-electron chi connectivity index (χ1n) is 10.9. The fourth-order valence-corrected chi connectivity index (χ4v) is 6.27. The van der Waals surface area contributed by atoms with Gasteiger partial charge >= 0.3 is 5.97 Å². The topological polar surface area (TPSA) is 55.4 Å². The second-order valence-corrected chi connectivity index (χ2v) is 9.93. The molecule has 0 saturated heterocycles. The lowest BCUT2D eigenvalue weighted by atomic mass is 9.49. The molecule has 4 saturated carbocycles. The Hall–Kier alpha value is -1.84. The molecule has 0 aliphatic heterocycles. The number of hydrogen-bond acceptors (Lipinski definition) is 3. The van der Waals surface area contributed by atoms with Crippen LogP contribution < -0.4 is 5.32 Å².